The van der Waals surface area contributed by atoms with Gasteiger partial charge in [0.05, 0.1) is 0 Å². The van der Waals surface area contributed by atoms with Crippen molar-refractivity contribution in [3.8, 4) is 0 Å². The standard InChI is InChI=1S/C16H21N3O2/c17-8-7-12-10-19(14-5-2-1-4-13(12)14)16(21)11-18-9-3-6-15(18)20/h1-2,4-5,12H,3,6-11,17H2. The summed E-state index contributed by atoms with van der Waals surface area (Å²) in [7, 11) is 0. The Morgan fingerprint density at radius 2 is 2.14 bits per heavy atom. The van der Waals surface area contributed by atoms with Crippen LogP contribution in [0.15, 0.2) is 24.3 Å². The third-order valence-corrected chi connectivity index (χ3v) is 4.38. The maximum Gasteiger partial charge on any atom is 0.246 e. The summed E-state index contributed by atoms with van der Waals surface area (Å²) in [6.07, 6.45) is 2.31. The first kappa shape index (κ1) is 14.1. The average molecular weight is 287 g/mol. The second-order valence-corrected chi connectivity index (χ2v) is 5.76. The largest absolute Gasteiger partial charge is 0.333 e. The molecule has 2 amide bonds. The lowest BCUT2D eigenvalue weighted by molar-refractivity contribution is -0.132. The van der Waals surface area contributed by atoms with Crippen LogP contribution in [0.1, 0.15) is 30.7 Å². The summed E-state index contributed by atoms with van der Waals surface area (Å²) in [5.74, 6) is 0.413. The van der Waals surface area contributed by atoms with Gasteiger partial charge in [-0.1, -0.05) is 18.2 Å². The van der Waals surface area contributed by atoms with Gasteiger partial charge in [-0.05, 0) is 31.0 Å². The van der Waals surface area contributed by atoms with Gasteiger partial charge in [-0.15, -0.1) is 0 Å². The molecule has 1 saturated heterocycles. The number of nitrogens with zero attached hydrogens (tertiary/aromatic N) is 2. The Labute approximate surface area is 124 Å². The Bertz CT molecular complexity index is 558. The number of likely N-dealkylation sites (tertiary alicyclic amines) is 1. The molecule has 2 aliphatic heterocycles. The van der Waals surface area contributed by atoms with Gasteiger partial charge < -0.3 is 15.5 Å². The molecule has 5 nitrogen and oxygen atoms in total. The Balaban J connectivity index is 1.76. The predicted octanol–water partition coefficient (Wildman–Crippen LogP) is 1.09. The molecule has 1 unspecified atom stereocenters. The van der Waals surface area contributed by atoms with Crippen LogP contribution in [0.25, 0.3) is 0 Å². The van der Waals surface area contributed by atoms with E-state index < -0.39 is 0 Å². The van der Waals surface area contributed by atoms with Gasteiger partial charge in [-0.25, -0.2) is 0 Å². The van der Waals surface area contributed by atoms with Crippen molar-refractivity contribution in [2.45, 2.75) is 25.2 Å². The summed E-state index contributed by atoms with van der Waals surface area (Å²) < 4.78 is 0. The molecule has 2 N–H and O–H groups in total. The number of fused-ring (bicyclic) bond motifs is 1. The van der Waals surface area contributed by atoms with E-state index in [1.165, 1.54) is 5.56 Å². The van der Waals surface area contributed by atoms with Crippen molar-refractivity contribution < 1.29 is 9.59 Å². The minimum absolute atomic E-state index is 0.0113. The molecule has 21 heavy (non-hydrogen) atoms. The first-order chi connectivity index (χ1) is 10.2. The van der Waals surface area contributed by atoms with Crippen molar-refractivity contribution >= 4 is 17.5 Å². The van der Waals surface area contributed by atoms with E-state index in [0.29, 0.717) is 32.0 Å². The normalized spacial score (nSPS) is 21.0. The molecular weight excluding hydrogens is 266 g/mol. The number of hydrogen-bond donors (Lipinski definition) is 1. The lowest BCUT2D eigenvalue weighted by atomic mass is 9.98. The molecule has 0 radical (unpaired) electrons. The first-order valence-electron chi connectivity index (χ1n) is 7.58. The maximum atomic E-state index is 12.6. The van der Waals surface area contributed by atoms with Crippen molar-refractivity contribution in [2.24, 2.45) is 5.73 Å². The smallest absolute Gasteiger partial charge is 0.246 e. The molecule has 3 rings (SSSR count). The summed E-state index contributed by atoms with van der Waals surface area (Å²) in [4.78, 5) is 27.7. The summed E-state index contributed by atoms with van der Waals surface area (Å²) in [5.41, 5.74) is 7.86. The van der Waals surface area contributed by atoms with E-state index in [4.69, 9.17) is 5.73 Å². The van der Waals surface area contributed by atoms with Gasteiger partial charge in [0.1, 0.15) is 6.54 Å². The Morgan fingerprint density at radius 3 is 2.86 bits per heavy atom. The van der Waals surface area contributed by atoms with Crippen LogP contribution in [0.5, 0.6) is 0 Å². The zero-order valence-corrected chi connectivity index (χ0v) is 12.1. The highest BCUT2D eigenvalue weighted by Crippen LogP contribution is 2.37. The van der Waals surface area contributed by atoms with E-state index in [0.717, 1.165) is 18.5 Å². The molecule has 1 aromatic rings. The molecule has 1 aromatic carbocycles. The van der Waals surface area contributed by atoms with E-state index in [9.17, 15) is 9.59 Å². The lowest BCUT2D eigenvalue weighted by Crippen LogP contribution is -2.40. The number of carbonyl (C=O) groups excluding carboxylic acids is 2. The third kappa shape index (κ3) is 2.65. The number of para-hydroxylation sites is 1. The van der Waals surface area contributed by atoms with Crippen LogP contribution < -0.4 is 10.6 Å². The Hall–Kier alpha value is -1.88. The fourth-order valence-electron chi connectivity index (χ4n) is 3.30. The second-order valence-electron chi connectivity index (χ2n) is 5.76. The minimum Gasteiger partial charge on any atom is -0.333 e. The van der Waals surface area contributed by atoms with Crippen molar-refractivity contribution in [1.82, 2.24) is 4.90 Å². The molecule has 0 saturated carbocycles. The van der Waals surface area contributed by atoms with E-state index in [2.05, 4.69) is 6.07 Å². The minimum atomic E-state index is 0.0113. The van der Waals surface area contributed by atoms with Crippen LogP contribution in [-0.4, -0.2) is 42.9 Å². The van der Waals surface area contributed by atoms with E-state index >= 15 is 0 Å². The fourth-order valence-corrected chi connectivity index (χ4v) is 3.30. The van der Waals surface area contributed by atoms with Gasteiger partial charge in [0, 0.05) is 31.1 Å². The highest BCUT2D eigenvalue weighted by Gasteiger charge is 2.33. The van der Waals surface area contributed by atoms with Crippen LogP contribution in [-0.2, 0) is 9.59 Å². The molecule has 1 fully saturated rings. The third-order valence-electron chi connectivity index (χ3n) is 4.38. The quantitative estimate of drug-likeness (QED) is 0.901. The van der Waals surface area contributed by atoms with Crippen LogP contribution >= 0.6 is 0 Å². The SMILES string of the molecule is NCCC1CN(C(=O)CN2CCCC2=O)c2ccccc21. The van der Waals surface area contributed by atoms with Gasteiger partial charge in [-0.2, -0.15) is 0 Å². The highest BCUT2D eigenvalue weighted by atomic mass is 16.2. The number of carbonyl (C=O) groups is 2. The molecule has 2 aliphatic rings. The van der Waals surface area contributed by atoms with Crippen LogP contribution in [0.4, 0.5) is 5.69 Å². The Morgan fingerprint density at radius 1 is 1.33 bits per heavy atom. The van der Waals surface area contributed by atoms with Gasteiger partial charge in [0.2, 0.25) is 11.8 Å². The molecule has 5 heteroatoms. The zero-order chi connectivity index (χ0) is 14.8. The second kappa shape index (κ2) is 5.85. The molecule has 112 valence electrons. The molecule has 0 aliphatic carbocycles. The number of hydrogen-bond acceptors (Lipinski definition) is 3. The van der Waals surface area contributed by atoms with Gasteiger partial charge >= 0.3 is 0 Å². The summed E-state index contributed by atoms with van der Waals surface area (Å²) in [5, 5.41) is 0. The zero-order valence-electron chi connectivity index (χ0n) is 12.1. The maximum absolute atomic E-state index is 12.6. The number of nitrogens with two attached hydrogens (primary N) is 1. The molecule has 0 aromatic heterocycles. The van der Waals surface area contributed by atoms with Gasteiger partial charge in [-0.3, -0.25) is 9.59 Å². The van der Waals surface area contributed by atoms with E-state index in [1.54, 1.807) is 4.90 Å². The summed E-state index contributed by atoms with van der Waals surface area (Å²) >= 11 is 0. The summed E-state index contributed by atoms with van der Waals surface area (Å²) in [6, 6.07) is 8.00. The highest BCUT2D eigenvalue weighted by molar-refractivity contribution is 5.99. The van der Waals surface area contributed by atoms with Crippen molar-refractivity contribution in [3.63, 3.8) is 0 Å². The summed E-state index contributed by atoms with van der Waals surface area (Å²) in [6.45, 7) is 2.19. The number of anilines is 1. The number of benzene rings is 1. The number of rotatable bonds is 4. The molecule has 0 spiro atoms. The monoisotopic (exact) mass is 287 g/mol. The Kier molecular flexibility index (Phi) is 3.92. The number of amides is 2. The van der Waals surface area contributed by atoms with Crippen LogP contribution in [0.3, 0.4) is 0 Å². The first-order valence-corrected chi connectivity index (χ1v) is 7.58. The molecule has 0 bridgehead atoms. The van der Waals surface area contributed by atoms with Crippen LogP contribution in [0, 0.1) is 0 Å². The van der Waals surface area contributed by atoms with Crippen molar-refractivity contribution in [1.29, 1.82) is 0 Å². The average Bonchev–Trinajstić information content (AvgIpc) is 3.05. The van der Waals surface area contributed by atoms with Crippen molar-refractivity contribution in [3.05, 3.63) is 29.8 Å². The lowest BCUT2D eigenvalue weighted by Gasteiger charge is -2.22. The molecular formula is C16H21N3O2. The fraction of sp³-hybridized carbons (Fsp3) is 0.500. The molecule has 2 heterocycles. The topological polar surface area (TPSA) is 66.6 Å². The van der Waals surface area contributed by atoms with E-state index in [1.807, 2.05) is 23.1 Å². The predicted molar refractivity (Wildman–Crippen MR) is 81.0 cm³/mol. The molecule has 1 atom stereocenters. The van der Waals surface area contributed by atoms with Crippen LogP contribution in [0.2, 0.25) is 0 Å². The van der Waals surface area contributed by atoms with E-state index in [-0.39, 0.29) is 18.4 Å². The van der Waals surface area contributed by atoms with Gasteiger partial charge in [0.15, 0.2) is 0 Å². The van der Waals surface area contributed by atoms with Crippen molar-refractivity contribution in [2.75, 3.05) is 31.1 Å². The van der Waals surface area contributed by atoms with Gasteiger partial charge in [0.25, 0.3) is 0 Å².